The maximum absolute atomic E-state index is 12.4. The number of hydrogen-bond donors (Lipinski definition) is 5. The van der Waals surface area contributed by atoms with Gasteiger partial charge in [-0.25, -0.2) is 8.42 Å². The number of nitro benzene ring substituents is 1. The summed E-state index contributed by atoms with van der Waals surface area (Å²) in [5, 5.41) is 49.4. The summed E-state index contributed by atoms with van der Waals surface area (Å²) in [6.07, 6.45) is -7.20. The molecular formula is C18H20N2O10S. The van der Waals surface area contributed by atoms with Crippen molar-refractivity contribution in [2.24, 2.45) is 0 Å². The fourth-order valence-corrected chi connectivity index (χ4v) is 3.92. The molecule has 1 aliphatic heterocycles. The van der Waals surface area contributed by atoms with Gasteiger partial charge in [0.1, 0.15) is 30.2 Å². The van der Waals surface area contributed by atoms with Gasteiger partial charge in [0.2, 0.25) is 6.29 Å². The van der Waals surface area contributed by atoms with Crippen molar-refractivity contribution in [1.82, 2.24) is 0 Å². The summed E-state index contributed by atoms with van der Waals surface area (Å²) in [6, 6.07) is 9.83. The maximum Gasteiger partial charge on any atom is 0.269 e. The van der Waals surface area contributed by atoms with Gasteiger partial charge in [0, 0.05) is 17.8 Å². The molecule has 0 unspecified atom stereocenters. The minimum absolute atomic E-state index is 0.155. The van der Waals surface area contributed by atoms with Crippen molar-refractivity contribution in [3.8, 4) is 5.75 Å². The van der Waals surface area contributed by atoms with E-state index in [4.69, 9.17) is 9.47 Å². The molecule has 0 aliphatic carbocycles. The lowest BCUT2D eigenvalue weighted by Gasteiger charge is -2.39. The van der Waals surface area contributed by atoms with Gasteiger partial charge in [-0.1, -0.05) is 0 Å². The lowest BCUT2D eigenvalue weighted by molar-refractivity contribution is -0.384. The highest BCUT2D eigenvalue weighted by molar-refractivity contribution is 7.92. The van der Waals surface area contributed by atoms with Crippen LogP contribution in [0, 0.1) is 10.1 Å². The number of nitro groups is 1. The van der Waals surface area contributed by atoms with Crippen molar-refractivity contribution in [2.75, 3.05) is 11.3 Å². The molecule has 0 radical (unpaired) electrons. The molecule has 0 aromatic heterocycles. The number of sulfonamides is 1. The van der Waals surface area contributed by atoms with E-state index in [2.05, 4.69) is 4.72 Å². The van der Waals surface area contributed by atoms with Crippen LogP contribution in [-0.4, -0.2) is 71.1 Å². The van der Waals surface area contributed by atoms with Gasteiger partial charge in [-0.2, -0.15) is 0 Å². The molecule has 168 valence electrons. The van der Waals surface area contributed by atoms with E-state index in [0.29, 0.717) is 0 Å². The van der Waals surface area contributed by atoms with Gasteiger partial charge >= 0.3 is 0 Å². The monoisotopic (exact) mass is 456 g/mol. The highest BCUT2D eigenvalue weighted by Gasteiger charge is 2.44. The van der Waals surface area contributed by atoms with Gasteiger partial charge in [0.15, 0.2) is 0 Å². The van der Waals surface area contributed by atoms with Crippen LogP contribution in [0.3, 0.4) is 0 Å². The predicted molar refractivity (Wildman–Crippen MR) is 105 cm³/mol. The summed E-state index contributed by atoms with van der Waals surface area (Å²) in [5.41, 5.74) is -0.0758. The predicted octanol–water partition coefficient (Wildman–Crippen LogP) is -0.426. The fourth-order valence-electron chi connectivity index (χ4n) is 2.86. The fraction of sp³-hybridized carbons (Fsp3) is 0.333. The van der Waals surface area contributed by atoms with Gasteiger partial charge in [-0.05, 0) is 36.4 Å². The van der Waals surface area contributed by atoms with E-state index in [1.54, 1.807) is 0 Å². The number of anilines is 1. The lowest BCUT2D eigenvalue weighted by atomic mass is 9.99. The summed E-state index contributed by atoms with van der Waals surface area (Å²) in [4.78, 5) is 9.87. The second-order valence-electron chi connectivity index (χ2n) is 6.70. The SMILES string of the molecule is O=[N+]([O-])c1ccc(S(=O)(=O)Nc2ccc(O[C@H]3O[C@H](CO)[C@@H](O)[C@H](O)[C@H]3O)cc2)cc1. The van der Waals surface area contributed by atoms with Crippen LogP contribution in [0.15, 0.2) is 53.4 Å². The molecule has 1 fully saturated rings. The molecule has 2 aromatic carbocycles. The molecule has 0 spiro atoms. The molecule has 1 aliphatic rings. The number of hydrogen-bond acceptors (Lipinski definition) is 10. The van der Waals surface area contributed by atoms with E-state index in [1.807, 2.05) is 0 Å². The van der Waals surface area contributed by atoms with E-state index < -0.39 is 52.3 Å². The number of benzene rings is 2. The van der Waals surface area contributed by atoms with Crippen molar-refractivity contribution >= 4 is 21.4 Å². The number of nitrogens with zero attached hydrogens (tertiary/aromatic N) is 1. The Morgan fingerprint density at radius 1 is 1.00 bits per heavy atom. The van der Waals surface area contributed by atoms with Gasteiger partial charge in [0.25, 0.3) is 15.7 Å². The quantitative estimate of drug-likeness (QED) is 0.270. The number of ether oxygens (including phenoxy) is 2. The summed E-state index contributed by atoms with van der Waals surface area (Å²) in [7, 11) is -4.00. The molecule has 2 aromatic rings. The van der Waals surface area contributed by atoms with Gasteiger partial charge in [-0.3, -0.25) is 14.8 Å². The molecule has 31 heavy (non-hydrogen) atoms. The molecule has 0 amide bonds. The largest absolute Gasteiger partial charge is 0.462 e. The van der Waals surface area contributed by atoms with Crippen LogP contribution in [0.2, 0.25) is 0 Å². The van der Waals surface area contributed by atoms with Gasteiger partial charge < -0.3 is 29.9 Å². The molecule has 0 bridgehead atoms. The maximum atomic E-state index is 12.4. The molecule has 5 atom stereocenters. The van der Waals surface area contributed by atoms with E-state index in [0.717, 1.165) is 24.3 Å². The summed E-state index contributed by atoms with van der Waals surface area (Å²) in [5.74, 6) is 0.155. The Labute approximate surface area is 176 Å². The number of rotatable bonds is 7. The highest BCUT2D eigenvalue weighted by Crippen LogP contribution is 2.26. The van der Waals surface area contributed by atoms with Gasteiger partial charge in [0.05, 0.1) is 16.4 Å². The third-order valence-corrected chi connectivity index (χ3v) is 5.96. The minimum Gasteiger partial charge on any atom is -0.462 e. The molecular weight excluding hydrogens is 436 g/mol. The van der Waals surface area contributed by atoms with Crippen molar-refractivity contribution in [3.63, 3.8) is 0 Å². The first-order valence-corrected chi connectivity index (χ1v) is 10.4. The normalized spacial score (nSPS) is 26.3. The summed E-state index contributed by atoms with van der Waals surface area (Å²) in [6.45, 7) is -0.603. The third-order valence-electron chi connectivity index (χ3n) is 4.57. The Morgan fingerprint density at radius 3 is 2.16 bits per heavy atom. The molecule has 1 heterocycles. The van der Waals surface area contributed by atoms with Crippen LogP contribution in [0.1, 0.15) is 0 Å². The molecule has 0 saturated carbocycles. The van der Waals surface area contributed by atoms with E-state index in [9.17, 15) is 39.0 Å². The van der Waals surface area contributed by atoms with Crippen LogP contribution >= 0.6 is 0 Å². The first kappa shape index (κ1) is 22.9. The summed E-state index contributed by atoms with van der Waals surface area (Å²) >= 11 is 0. The van der Waals surface area contributed by atoms with E-state index >= 15 is 0 Å². The Bertz CT molecular complexity index is 1010. The van der Waals surface area contributed by atoms with E-state index in [-0.39, 0.29) is 22.0 Å². The average molecular weight is 456 g/mol. The zero-order chi connectivity index (χ0) is 22.8. The van der Waals surface area contributed by atoms with Gasteiger partial charge in [-0.15, -0.1) is 0 Å². The van der Waals surface area contributed by atoms with Crippen molar-refractivity contribution < 1.29 is 43.2 Å². The smallest absolute Gasteiger partial charge is 0.269 e. The molecule has 12 nitrogen and oxygen atoms in total. The number of aliphatic hydroxyl groups excluding tert-OH is 4. The molecule has 13 heteroatoms. The Hall–Kier alpha value is -2.81. The Kier molecular flexibility index (Phi) is 6.74. The molecule has 5 N–H and O–H groups in total. The Balaban J connectivity index is 1.68. The average Bonchev–Trinajstić information content (AvgIpc) is 2.75. The zero-order valence-electron chi connectivity index (χ0n) is 15.8. The van der Waals surface area contributed by atoms with Crippen molar-refractivity contribution in [2.45, 2.75) is 35.6 Å². The zero-order valence-corrected chi connectivity index (χ0v) is 16.6. The number of nitrogens with one attached hydrogen (secondary N) is 1. The topological polar surface area (TPSA) is 189 Å². The minimum atomic E-state index is -4.00. The number of aliphatic hydroxyl groups is 4. The van der Waals surface area contributed by atoms with Crippen LogP contribution in [0.5, 0.6) is 5.75 Å². The molecule has 3 rings (SSSR count). The van der Waals surface area contributed by atoms with Crippen LogP contribution in [0.4, 0.5) is 11.4 Å². The van der Waals surface area contributed by atoms with Crippen molar-refractivity contribution in [1.29, 1.82) is 0 Å². The van der Waals surface area contributed by atoms with Crippen LogP contribution < -0.4 is 9.46 Å². The van der Waals surface area contributed by atoms with Crippen LogP contribution in [0.25, 0.3) is 0 Å². The van der Waals surface area contributed by atoms with Crippen molar-refractivity contribution in [3.05, 3.63) is 58.6 Å². The lowest BCUT2D eigenvalue weighted by Crippen LogP contribution is -2.60. The standard InChI is InChI=1S/C18H20N2O10S/c21-9-14-15(22)16(23)17(24)18(30-14)29-12-5-1-10(2-6-12)19-31(27,28)13-7-3-11(4-8-13)20(25)26/h1-8,14-19,21-24H,9H2/t14-,15-,16+,17-,18+/m1/s1. The molecule has 1 saturated heterocycles. The van der Waals surface area contributed by atoms with Crippen LogP contribution in [-0.2, 0) is 14.8 Å². The third kappa shape index (κ3) is 5.10. The first-order valence-electron chi connectivity index (χ1n) is 8.97. The highest BCUT2D eigenvalue weighted by atomic mass is 32.2. The second kappa shape index (κ2) is 9.13. The Morgan fingerprint density at radius 2 is 1.61 bits per heavy atom. The van der Waals surface area contributed by atoms with E-state index in [1.165, 1.54) is 24.3 Å². The number of non-ortho nitro benzene ring substituents is 1. The first-order chi connectivity index (χ1) is 14.6. The summed E-state index contributed by atoms with van der Waals surface area (Å²) < 4.78 is 37.8. The second-order valence-corrected chi connectivity index (χ2v) is 8.38.